The summed E-state index contributed by atoms with van der Waals surface area (Å²) >= 11 is 0. The smallest absolute Gasteiger partial charge is 0.272 e. The van der Waals surface area contributed by atoms with E-state index in [1.807, 2.05) is 31.4 Å². The van der Waals surface area contributed by atoms with Gasteiger partial charge >= 0.3 is 0 Å². The van der Waals surface area contributed by atoms with E-state index in [0.29, 0.717) is 50.6 Å². The summed E-state index contributed by atoms with van der Waals surface area (Å²) in [5.74, 6) is 0.0849. The molecule has 1 fully saturated rings. The molecule has 3 aromatic rings. The summed E-state index contributed by atoms with van der Waals surface area (Å²) < 4.78 is 47.3. The van der Waals surface area contributed by atoms with Crippen molar-refractivity contribution in [1.82, 2.24) is 25.0 Å². The molecule has 2 aromatic heterocycles. The lowest BCUT2D eigenvalue weighted by atomic mass is 9.81. The molecule has 1 aliphatic heterocycles. The Morgan fingerprint density at radius 3 is 2.76 bits per heavy atom. The first-order chi connectivity index (χ1) is 18.3. The van der Waals surface area contributed by atoms with Crippen LogP contribution in [0.15, 0.2) is 36.5 Å². The Morgan fingerprint density at radius 1 is 1.18 bits per heavy atom. The molecule has 204 valence electrons. The molecule has 0 saturated heterocycles. The van der Waals surface area contributed by atoms with Crippen molar-refractivity contribution in [2.75, 3.05) is 26.2 Å². The van der Waals surface area contributed by atoms with Gasteiger partial charge < -0.3 is 15.0 Å². The van der Waals surface area contributed by atoms with Crippen LogP contribution in [0, 0.1) is 0 Å². The number of aryl methyl sites for hydroxylation is 1. The molecule has 3 heterocycles. The quantitative estimate of drug-likeness (QED) is 0.466. The molecule has 1 amide bonds. The number of nitrogens with zero attached hydrogens (tertiary/aromatic N) is 4. The van der Waals surface area contributed by atoms with Gasteiger partial charge in [-0.25, -0.2) is 18.2 Å². The zero-order chi connectivity index (χ0) is 26.7. The Kier molecular flexibility index (Phi) is 7.88. The Labute approximate surface area is 220 Å². The van der Waals surface area contributed by atoms with Gasteiger partial charge in [0.25, 0.3) is 12.3 Å². The predicted molar refractivity (Wildman–Crippen MR) is 138 cm³/mol. The van der Waals surface area contributed by atoms with E-state index in [9.17, 15) is 13.6 Å². The number of carbonyl (C=O) groups is 1. The molecule has 1 N–H and O–H groups in total. The third-order valence-electron chi connectivity index (χ3n) is 7.76. The van der Waals surface area contributed by atoms with Crippen LogP contribution < -0.4 is 10.1 Å². The molecule has 2 aliphatic rings. The number of carbonyl (C=O) groups excluding carboxylic acids is 1. The van der Waals surface area contributed by atoms with E-state index in [0.717, 1.165) is 41.7 Å². The highest BCUT2D eigenvalue weighted by atomic mass is 19.3. The molecule has 0 bridgehead atoms. The molecule has 1 aliphatic carbocycles. The van der Waals surface area contributed by atoms with E-state index >= 15 is 4.39 Å². The number of amides is 1. The van der Waals surface area contributed by atoms with E-state index in [4.69, 9.17) is 4.74 Å². The second-order valence-corrected chi connectivity index (χ2v) is 10.5. The van der Waals surface area contributed by atoms with Crippen molar-refractivity contribution in [3.8, 4) is 5.88 Å². The fraction of sp³-hybridized carbons (Fsp3) is 0.536. The van der Waals surface area contributed by atoms with Gasteiger partial charge in [0.2, 0.25) is 5.88 Å². The second-order valence-electron chi connectivity index (χ2n) is 10.5. The Balaban J connectivity index is 1.09. The average molecular weight is 530 g/mol. The molecule has 1 saturated carbocycles. The van der Waals surface area contributed by atoms with Crippen LogP contribution in [0.4, 0.5) is 13.2 Å². The molecule has 5 rings (SSSR count). The van der Waals surface area contributed by atoms with Gasteiger partial charge in [0.05, 0.1) is 11.1 Å². The van der Waals surface area contributed by atoms with Gasteiger partial charge in [0, 0.05) is 62.5 Å². The van der Waals surface area contributed by atoms with Crippen LogP contribution in [0.1, 0.15) is 53.7 Å². The summed E-state index contributed by atoms with van der Waals surface area (Å²) in [6.07, 6.45) is 3.30. The molecule has 38 heavy (non-hydrogen) atoms. The first-order valence-corrected chi connectivity index (χ1v) is 13.3. The lowest BCUT2D eigenvalue weighted by Gasteiger charge is -2.35. The van der Waals surface area contributed by atoms with Gasteiger partial charge in [-0.3, -0.25) is 9.48 Å². The van der Waals surface area contributed by atoms with E-state index in [2.05, 4.69) is 20.3 Å². The zero-order valence-corrected chi connectivity index (χ0v) is 21.6. The molecular weight excluding hydrogens is 495 g/mol. The molecule has 0 unspecified atom stereocenters. The summed E-state index contributed by atoms with van der Waals surface area (Å²) in [4.78, 5) is 19.6. The van der Waals surface area contributed by atoms with Crippen molar-refractivity contribution in [1.29, 1.82) is 0 Å². The van der Waals surface area contributed by atoms with Gasteiger partial charge in [-0.05, 0) is 56.2 Å². The van der Waals surface area contributed by atoms with Crippen LogP contribution in [0.3, 0.4) is 0 Å². The van der Waals surface area contributed by atoms with Crippen LogP contribution >= 0.6 is 0 Å². The predicted octanol–water partition coefficient (Wildman–Crippen LogP) is 4.48. The minimum absolute atomic E-state index is 0.0430. The number of hydrogen-bond donors (Lipinski definition) is 1. The molecule has 10 heteroatoms. The maximum Gasteiger partial charge on any atom is 0.272 e. The fourth-order valence-electron chi connectivity index (χ4n) is 5.57. The van der Waals surface area contributed by atoms with Crippen molar-refractivity contribution >= 4 is 16.8 Å². The Morgan fingerprint density at radius 2 is 1.97 bits per heavy atom. The summed E-state index contributed by atoms with van der Waals surface area (Å²) in [7, 11) is 1.83. The van der Waals surface area contributed by atoms with E-state index in [1.54, 1.807) is 16.8 Å². The standard InChI is InChI=1S/C28H34F3N5O2/c1-35-17-22-21(3-2-4-24(22)34-35)27(37)32-20-7-11-28(31,12-8-20)13-16-36-14-9-19-5-6-26(38-18-25(29)30)33-23(19)10-15-36/h2-6,17,20,25H,7-16,18H2,1H3,(H,32,37). The molecule has 0 spiro atoms. The summed E-state index contributed by atoms with van der Waals surface area (Å²) in [5, 5.41) is 8.29. The third kappa shape index (κ3) is 6.28. The number of fused-ring (bicyclic) bond motifs is 2. The minimum Gasteiger partial charge on any atom is -0.472 e. The lowest BCUT2D eigenvalue weighted by molar-refractivity contribution is 0.0645. The number of ether oxygens (including phenoxy) is 1. The Bertz CT molecular complexity index is 1270. The van der Waals surface area contributed by atoms with Crippen molar-refractivity contribution in [3.05, 3.63) is 53.3 Å². The molecular formula is C28H34F3N5O2. The minimum atomic E-state index is -2.53. The number of hydrogen-bond acceptors (Lipinski definition) is 5. The SMILES string of the molecule is Cn1cc2c(C(=O)NC3CCC(F)(CCN4CCc5ccc(OCC(F)F)nc5CC4)CC3)cccc2n1. The highest BCUT2D eigenvalue weighted by molar-refractivity contribution is 6.06. The number of nitrogens with one attached hydrogen (secondary N) is 1. The summed E-state index contributed by atoms with van der Waals surface area (Å²) in [6, 6.07) is 9.00. The van der Waals surface area contributed by atoms with Crippen LogP contribution in [0.25, 0.3) is 10.9 Å². The number of benzene rings is 1. The van der Waals surface area contributed by atoms with Crippen LogP contribution in [-0.4, -0.2) is 69.9 Å². The molecule has 1 aromatic carbocycles. The Hall–Kier alpha value is -3.14. The number of alkyl halides is 3. The number of pyridine rings is 1. The van der Waals surface area contributed by atoms with Gasteiger partial charge in [-0.1, -0.05) is 12.1 Å². The lowest BCUT2D eigenvalue weighted by Crippen LogP contribution is -2.43. The third-order valence-corrected chi connectivity index (χ3v) is 7.76. The van der Waals surface area contributed by atoms with Gasteiger partial charge in [0.15, 0.2) is 6.61 Å². The van der Waals surface area contributed by atoms with Crippen molar-refractivity contribution in [2.45, 2.75) is 63.1 Å². The highest BCUT2D eigenvalue weighted by Gasteiger charge is 2.36. The molecule has 0 radical (unpaired) electrons. The number of aromatic nitrogens is 3. The highest BCUT2D eigenvalue weighted by Crippen LogP contribution is 2.35. The second kappa shape index (κ2) is 11.3. The normalized spacial score (nSPS) is 22.3. The maximum absolute atomic E-state index is 15.7. The van der Waals surface area contributed by atoms with E-state index < -0.39 is 18.7 Å². The monoisotopic (exact) mass is 529 g/mol. The van der Waals surface area contributed by atoms with Gasteiger partial charge in [0.1, 0.15) is 5.67 Å². The summed E-state index contributed by atoms with van der Waals surface area (Å²) in [5.41, 5.74) is 2.09. The van der Waals surface area contributed by atoms with Crippen LogP contribution in [0.5, 0.6) is 5.88 Å². The summed E-state index contributed by atoms with van der Waals surface area (Å²) in [6.45, 7) is 1.54. The van der Waals surface area contributed by atoms with E-state index in [-0.39, 0.29) is 17.8 Å². The van der Waals surface area contributed by atoms with Gasteiger partial charge in [-0.2, -0.15) is 5.10 Å². The van der Waals surface area contributed by atoms with Crippen LogP contribution in [-0.2, 0) is 19.9 Å². The topological polar surface area (TPSA) is 72.3 Å². The van der Waals surface area contributed by atoms with Gasteiger partial charge in [-0.15, -0.1) is 0 Å². The fourth-order valence-corrected chi connectivity index (χ4v) is 5.57. The largest absolute Gasteiger partial charge is 0.472 e. The first-order valence-electron chi connectivity index (χ1n) is 13.3. The zero-order valence-electron chi connectivity index (χ0n) is 21.6. The average Bonchev–Trinajstić information content (AvgIpc) is 3.16. The molecule has 0 atom stereocenters. The van der Waals surface area contributed by atoms with Crippen molar-refractivity contribution in [3.63, 3.8) is 0 Å². The molecule has 7 nitrogen and oxygen atoms in total. The number of halogens is 3. The van der Waals surface area contributed by atoms with Crippen LogP contribution in [0.2, 0.25) is 0 Å². The maximum atomic E-state index is 15.7. The van der Waals surface area contributed by atoms with Crippen molar-refractivity contribution < 1.29 is 22.7 Å². The number of rotatable bonds is 8. The van der Waals surface area contributed by atoms with Crippen molar-refractivity contribution in [2.24, 2.45) is 7.05 Å². The van der Waals surface area contributed by atoms with E-state index in [1.165, 1.54) is 0 Å². The first kappa shape index (κ1) is 26.5.